The van der Waals surface area contributed by atoms with Crippen molar-refractivity contribution in [2.75, 3.05) is 24.2 Å². The molecule has 1 amide bonds. The Hall–Kier alpha value is -1.07. The first kappa shape index (κ1) is 17.0. The molecule has 1 rings (SSSR count). The molecular formula is C15H22N2OS2. The lowest BCUT2D eigenvalue weighted by Gasteiger charge is -2.20. The number of amides is 1. The van der Waals surface area contributed by atoms with Crippen LogP contribution in [0, 0.1) is 13.8 Å². The first-order chi connectivity index (χ1) is 9.49. The van der Waals surface area contributed by atoms with Gasteiger partial charge in [-0.3, -0.25) is 4.79 Å². The summed E-state index contributed by atoms with van der Waals surface area (Å²) >= 11 is 6.73. The van der Waals surface area contributed by atoms with E-state index >= 15 is 0 Å². The zero-order valence-electron chi connectivity index (χ0n) is 12.5. The monoisotopic (exact) mass is 310 g/mol. The van der Waals surface area contributed by atoms with E-state index in [1.54, 1.807) is 0 Å². The van der Waals surface area contributed by atoms with Crippen LogP contribution in [-0.4, -0.2) is 34.0 Å². The number of rotatable bonds is 5. The van der Waals surface area contributed by atoms with Gasteiger partial charge in [-0.2, -0.15) is 0 Å². The fraction of sp³-hybridized carbons (Fsp3) is 0.467. The largest absolute Gasteiger partial charge is 0.358 e. The number of aryl methyl sites for hydroxylation is 1. The van der Waals surface area contributed by atoms with Gasteiger partial charge in [0, 0.05) is 18.8 Å². The van der Waals surface area contributed by atoms with E-state index in [-0.39, 0.29) is 5.91 Å². The average Bonchev–Trinajstić information content (AvgIpc) is 2.43. The van der Waals surface area contributed by atoms with Gasteiger partial charge >= 0.3 is 0 Å². The molecule has 0 bridgehead atoms. The highest BCUT2D eigenvalue weighted by molar-refractivity contribution is 8.23. The SMILES string of the molecule is CCN(CC)C(=S)SCC(=O)Nc1cccc(C)c1C. The predicted octanol–water partition coefficient (Wildman–Crippen LogP) is 3.60. The van der Waals surface area contributed by atoms with Crippen molar-refractivity contribution in [1.82, 2.24) is 4.90 Å². The van der Waals surface area contributed by atoms with Crippen LogP contribution in [0.25, 0.3) is 0 Å². The number of nitrogens with one attached hydrogen (secondary N) is 1. The van der Waals surface area contributed by atoms with Crippen molar-refractivity contribution in [3.63, 3.8) is 0 Å². The summed E-state index contributed by atoms with van der Waals surface area (Å²) in [6, 6.07) is 5.91. The predicted molar refractivity (Wildman–Crippen MR) is 92.5 cm³/mol. The van der Waals surface area contributed by atoms with Crippen LogP contribution in [0.15, 0.2) is 18.2 Å². The van der Waals surface area contributed by atoms with E-state index in [9.17, 15) is 4.79 Å². The van der Waals surface area contributed by atoms with Gasteiger partial charge in [-0.05, 0) is 44.9 Å². The molecule has 0 fully saturated rings. The molecule has 0 radical (unpaired) electrons. The van der Waals surface area contributed by atoms with Crippen LogP contribution in [0.5, 0.6) is 0 Å². The minimum atomic E-state index is -0.0155. The molecule has 0 unspecified atom stereocenters. The summed E-state index contributed by atoms with van der Waals surface area (Å²) in [5.74, 6) is 0.334. The van der Waals surface area contributed by atoms with E-state index in [1.165, 1.54) is 17.3 Å². The summed E-state index contributed by atoms with van der Waals surface area (Å²) in [5.41, 5.74) is 3.16. The smallest absolute Gasteiger partial charge is 0.234 e. The Kier molecular flexibility index (Phi) is 7.02. The lowest BCUT2D eigenvalue weighted by Crippen LogP contribution is -2.28. The summed E-state index contributed by atoms with van der Waals surface area (Å²) < 4.78 is 0.783. The van der Waals surface area contributed by atoms with Crippen LogP contribution in [0.2, 0.25) is 0 Å². The molecule has 0 saturated carbocycles. The number of nitrogens with zero attached hydrogens (tertiary/aromatic N) is 1. The number of carbonyl (C=O) groups excluding carboxylic acids is 1. The third-order valence-corrected chi connectivity index (χ3v) is 4.75. The molecule has 110 valence electrons. The number of carbonyl (C=O) groups is 1. The molecule has 20 heavy (non-hydrogen) atoms. The van der Waals surface area contributed by atoms with Crippen molar-refractivity contribution in [2.24, 2.45) is 0 Å². The molecule has 0 aliphatic rings. The Bertz CT molecular complexity index is 485. The fourth-order valence-corrected chi connectivity index (χ4v) is 2.98. The summed E-state index contributed by atoms with van der Waals surface area (Å²) in [5, 5.41) is 2.94. The van der Waals surface area contributed by atoms with Crippen molar-refractivity contribution in [3.05, 3.63) is 29.3 Å². The molecule has 0 aliphatic carbocycles. The van der Waals surface area contributed by atoms with Crippen LogP contribution >= 0.6 is 24.0 Å². The Morgan fingerprint density at radius 2 is 1.95 bits per heavy atom. The zero-order chi connectivity index (χ0) is 15.1. The third kappa shape index (κ3) is 4.80. The molecule has 1 N–H and O–H groups in total. The number of thioether (sulfide) groups is 1. The number of hydrogen-bond donors (Lipinski definition) is 1. The maximum absolute atomic E-state index is 12.0. The van der Waals surface area contributed by atoms with Gasteiger partial charge in [0.2, 0.25) is 5.91 Å². The number of thiocarbonyl (C=S) groups is 1. The molecule has 5 heteroatoms. The second-order valence-electron chi connectivity index (χ2n) is 4.52. The van der Waals surface area contributed by atoms with E-state index in [2.05, 4.69) is 24.1 Å². The first-order valence-corrected chi connectivity index (χ1v) is 8.16. The van der Waals surface area contributed by atoms with E-state index in [0.717, 1.165) is 28.7 Å². The first-order valence-electron chi connectivity index (χ1n) is 6.77. The van der Waals surface area contributed by atoms with Crippen LogP contribution in [-0.2, 0) is 4.79 Å². The Labute approximate surface area is 131 Å². The quantitative estimate of drug-likeness (QED) is 0.842. The van der Waals surface area contributed by atoms with Gasteiger partial charge in [-0.15, -0.1) is 0 Å². The summed E-state index contributed by atoms with van der Waals surface area (Å²) in [7, 11) is 0. The maximum Gasteiger partial charge on any atom is 0.234 e. The van der Waals surface area contributed by atoms with Gasteiger partial charge < -0.3 is 10.2 Å². The molecule has 1 aromatic rings. The van der Waals surface area contributed by atoms with E-state index < -0.39 is 0 Å². The highest BCUT2D eigenvalue weighted by Crippen LogP contribution is 2.18. The molecular weight excluding hydrogens is 288 g/mol. The molecule has 0 heterocycles. The zero-order valence-corrected chi connectivity index (χ0v) is 14.2. The Morgan fingerprint density at radius 3 is 2.55 bits per heavy atom. The lowest BCUT2D eigenvalue weighted by atomic mass is 10.1. The highest BCUT2D eigenvalue weighted by atomic mass is 32.2. The van der Waals surface area contributed by atoms with Crippen LogP contribution in [0.1, 0.15) is 25.0 Å². The molecule has 0 saturated heterocycles. The topological polar surface area (TPSA) is 32.3 Å². The fourth-order valence-electron chi connectivity index (χ4n) is 1.77. The van der Waals surface area contributed by atoms with E-state index in [4.69, 9.17) is 12.2 Å². The molecule has 0 aliphatic heterocycles. The van der Waals surface area contributed by atoms with Crippen LogP contribution < -0.4 is 5.32 Å². The number of hydrogen-bond acceptors (Lipinski definition) is 3. The summed E-state index contributed by atoms with van der Waals surface area (Å²) in [6.45, 7) is 9.93. The van der Waals surface area contributed by atoms with Crippen molar-refractivity contribution >= 4 is 39.9 Å². The Balaban J connectivity index is 2.52. The van der Waals surface area contributed by atoms with Gasteiger partial charge in [-0.25, -0.2) is 0 Å². The second kappa shape index (κ2) is 8.27. The van der Waals surface area contributed by atoms with E-state index in [0.29, 0.717) is 5.75 Å². The highest BCUT2D eigenvalue weighted by Gasteiger charge is 2.10. The standard InChI is InChI=1S/C15H22N2OS2/c1-5-17(6-2)15(19)20-10-14(18)16-13-9-7-8-11(3)12(13)4/h7-9H,5-6,10H2,1-4H3,(H,16,18). The second-order valence-corrected chi connectivity index (χ2v) is 6.13. The maximum atomic E-state index is 12.0. The molecule has 0 aromatic heterocycles. The van der Waals surface area contributed by atoms with Gasteiger partial charge in [0.05, 0.1) is 5.75 Å². The Morgan fingerprint density at radius 1 is 1.30 bits per heavy atom. The molecule has 1 aromatic carbocycles. The van der Waals surface area contributed by atoms with E-state index in [1.807, 2.05) is 32.0 Å². The minimum absolute atomic E-state index is 0.0155. The van der Waals surface area contributed by atoms with Crippen molar-refractivity contribution in [2.45, 2.75) is 27.7 Å². The van der Waals surface area contributed by atoms with Gasteiger partial charge in [0.25, 0.3) is 0 Å². The van der Waals surface area contributed by atoms with Gasteiger partial charge in [0.15, 0.2) is 0 Å². The van der Waals surface area contributed by atoms with Crippen molar-refractivity contribution in [1.29, 1.82) is 0 Å². The minimum Gasteiger partial charge on any atom is -0.358 e. The van der Waals surface area contributed by atoms with Crippen molar-refractivity contribution in [3.8, 4) is 0 Å². The van der Waals surface area contributed by atoms with Gasteiger partial charge in [-0.1, -0.05) is 36.1 Å². The van der Waals surface area contributed by atoms with Crippen molar-refractivity contribution < 1.29 is 4.79 Å². The number of benzene rings is 1. The average molecular weight is 310 g/mol. The molecule has 0 spiro atoms. The normalized spacial score (nSPS) is 10.2. The molecule has 3 nitrogen and oxygen atoms in total. The molecule has 0 atom stereocenters. The lowest BCUT2D eigenvalue weighted by molar-refractivity contribution is -0.113. The summed E-state index contributed by atoms with van der Waals surface area (Å²) in [4.78, 5) is 14.0. The number of anilines is 1. The summed E-state index contributed by atoms with van der Waals surface area (Å²) in [6.07, 6.45) is 0. The van der Waals surface area contributed by atoms with Gasteiger partial charge in [0.1, 0.15) is 4.32 Å². The van der Waals surface area contributed by atoms with Crippen LogP contribution in [0.3, 0.4) is 0 Å². The third-order valence-electron chi connectivity index (χ3n) is 3.23. The van der Waals surface area contributed by atoms with Crippen LogP contribution in [0.4, 0.5) is 5.69 Å².